The number of nitrogens with one attached hydrogen (secondary N) is 1. The highest BCUT2D eigenvalue weighted by Crippen LogP contribution is 2.22. The van der Waals surface area contributed by atoms with Crippen molar-refractivity contribution in [2.75, 3.05) is 26.2 Å². The number of hydrogen-bond acceptors (Lipinski definition) is 3. The van der Waals surface area contributed by atoms with Gasteiger partial charge < -0.3 is 4.98 Å². The van der Waals surface area contributed by atoms with Crippen LogP contribution in [0.15, 0.2) is 29.1 Å². The van der Waals surface area contributed by atoms with Gasteiger partial charge in [0.15, 0.2) is 0 Å². The van der Waals surface area contributed by atoms with E-state index in [1.807, 2.05) is 13.0 Å². The van der Waals surface area contributed by atoms with Gasteiger partial charge in [-0.15, -0.1) is 0 Å². The molecule has 0 bridgehead atoms. The third-order valence-corrected chi connectivity index (χ3v) is 5.14. The molecule has 0 amide bonds. The minimum absolute atomic E-state index is 0.0620. The van der Waals surface area contributed by atoms with E-state index >= 15 is 0 Å². The predicted molar refractivity (Wildman–Crippen MR) is 89.2 cm³/mol. The lowest BCUT2D eigenvalue weighted by Crippen LogP contribution is -2.49. The van der Waals surface area contributed by atoms with Gasteiger partial charge in [-0.1, -0.05) is 12.1 Å². The zero-order chi connectivity index (χ0) is 15.1. The summed E-state index contributed by atoms with van der Waals surface area (Å²) in [7, 11) is 0. The lowest BCUT2D eigenvalue weighted by atomic mass is 10.1. The van der Waals surface area contributed by atoms with Gasteiger partial charge in [0, 0.05) is 43.3 Å². The van der Waals surface area contributed by atoms with Gasteiger partial charge in [0.25, 0.3) is 5.56 Å². The van der Waals surface area contributed by atoms with Crippen LogP contribution in [-0.2, 0) is 6.54 Å². The van der Waals surface area contributed by atoms with E-state index in [1.54, 1.807) is 0 Å². The normalized spacial score (nSPS) is 23.0. The molecule has 2 aliphatic heterocycles. The molecule has 0 saturated carbocycles. The van der Waals surface area contributed by atoms with Crippen LogP contribution in [0, 0.1) is 6.92 Å². The summed E-state index contributed by atoms with van der Waals surface area (Å²) in [5.41, 5.74) is 3.07. The first-order valence-corrected chi connectivity index (χ1v) is 8.28. The fraction of sp³-hybridized carbons (Fsp3) is 0.500. The number of aromatic nitrogens is 1. The van der Waals surface area contributed by atoms with Crippen LogP contribution in [0.25, 0.3) is 10.9 Å². The summed E-state index contributed by atoms with van der Waals surface area (Å²) in [6.07, 6.45) is 2.64. The molecule has 1 aromatic heterocycles. The van der Waals surface area contributed by atoms with Gasteiger partial charge in [0.1, 0.15) is 0 Å². The third kappa shape index (κ3) is 2.57. The van der Waals surface area contributed by atoms with Crippen molar-refractivity contribution in [3.63, 3.8) is 0 Å². The molecule has 2 saturated heterocycles. The molecule has 4 nitrogen and oxygen atoms in total. The number of benzene rings is 1. The maximum absolute atomic E-state index is 12.4. The van der Waals surface area contributed by atoms with Crippen LogP contribution in [0.3, 0.4) is 0 Å². The van der Waals surface area contributed by atoms with E-state index in [0.717, 1.165) is 42.6 Å². The Morgan fingerprint density at radius 1 is 1.23 bits per heavy atom. The molecule has 0 radical (unpaired) electrons. The van der Waals surface area contributed by atoms with Crippen LogP contribution in [0.1, 0.15) is 24.0 Å². The van der Waals surface area contributed by atoms with Gasteiger partial charge in [0.05, 0.1) is 0 Å². The van der Waals surface area contributed by atoms with Crippen molar-refractivity contribution in [3.8, 4) is 0 Å². The Balaban J connectivity index is 1.57. The Kier molecular flexibility index (Phi) is 3.51. The zero-order valence-electron chi connectivity index (χ0n) is 13.1. The van der Waals surface area contributed by atoms with Gasteiger partial charge >= 0.3 is 0 Å². The summed E-state index contributed by atoms with van der Waals surface area (Å²) < 4.78 is 0. The van der Waals surface area contributed by atoms with E-state index < -0.39 is 0 Å². The molecular weight excluding hydrogens is 274 g/mol. The third-order valence-electron chi connectivity index (χ3n) is 5.14. The molecule has 1 atom stereocenters. The second kappa shape index (κ2) is 5.52. The van der Waals surface area contributed by atoms with E-state index in [0.29, 0.717) is 6.04 Å². The van der Waals surface area contributed by atoms with Crippen LogP contribution < -0.4 is 5.56 Å². The Labute approximate surface area is 130 Å². The van der Waals surface area contributed by atoms with Gasteiger partial charge in [-0.25, -0.2) is 0 Å². The first-order valence-electron chi connectivity index (χ1n) is 8.28. The quantitative estimate of drug-likeness (QED) is 0.923. The van der Waals surface area contributed by atoms with Gasteiger partial charge in [-0.2, -0.15) is 0 Å². The molecule has 1 aromatic carbocycles. The van der Waals surface area contributed by atoms with Crippen molar-refractivity contribution < 1.29 is 0 Å². The number of nitrogens with zero attached hydrogens (tertiary/aromatic N) is 2. The number of fused-ring (bicyclic) bond motifs is 2. The predicted octanol–water partition coefficient (Wildman–Crippen LogP) is 2.12. The van der Waals surface area contributed by atoms with Crippen molar-refractivity contribution in [1.82, 2.24) is 14.8 Å². The van der Waals surface area contributed by atoms with Crippen molar-refractivity contribution in [3.05, 3.63) is 45.7 Å². The molecule has 2 aromatic rings. The smallest absolute Gasteiger partial charge is 0.252 e. The standard InChI is InChI=1S/C18H23N3O/c1-13-4-5-14-10-15(18(22)19-17(14)9-13)11-20-7-8-21-6-2-3-16(21)12-20/h4-5,9-10,16H,2-3,6-8,11-12H2,1H3,(H,19,22)/t16-/m1/s1. The van der Waals surface area contributed by atoms with Gasteiger partial charge in [0.2, 0.25) is 0 Å². The fourth-order valence-corrected chi connectivity index (χ4v) is 3.92. The Hall–Kier alpha value is -1.65. The number of piperazine rings is 1. The van der Waals surface area contributed by atoms with E-state index in [2.05, 4.69) is 33.0 Å². The molecule has 2 fully saturated rings. The lowest BCUT2D eigenvalue weighted by Gasteiger charge is -2.37. The van der Waals surface area contributed by atoms with Crippen LogP contribution in [0.4, 0.5) is 0 Å². The molecule has 0 unspecified atom stereocenters. The van der Waals surface area contributed by atoms with E-state index in [-0.39, 0.29) is 5.56 Å². The topological polar surface area (TPSA) is 39.3 Å². The zero-order valence-corrected chi connectivity index (χ0v) is 13.1. The van der Waals surface area contributed by atoms with E-state index in [9.17, 15) is 4.79 Å². The average Bonchev–Trinajstić information content (AvgIpc) is 2.96. The minimum Gasteiger partial charge on any atom is -0.322 e. The highest BCUT2D eigenvalue weighted by Gasteiger charge is 2.30. The monoisotopic (exact) mass is 297 g/mol. The summed E-state index contributed by atoms with van der Waals surface area (Å²) in [4.78, 5) is 20.4. The number of aryl methyl sites for hydroxylation is 1. The van der Waals surface area contributed by atoms with Crippen LogP contribution in [0.5, 0.6) is 0 Å². The highest BCUT2D eigenvalue weighted by molar-refractivity contribution is 5.79. The Morgan fingerprint density at radius 3 is 3.05 bits per heavy atom. The Morgan fingerprint density at radius 2 is 2.14 bits per heavy atom. The molecule has 22 heavy (non-hydrogen) atoms. The molecule has 0 aliphatic carbocycles. The first-order chi connectivity index (χ1) is 10.7. The second-order valence-corrected chi connectivity index (χ2v) is 6.78. The summed E-state index contributed by atoms with van der Waals surface area (Å²) in [6.45, 7) is 7.40. The van der Waals surface area contributed by atoms with Crippen LogP contribution >= 0.6 is 0 Å². The molecule has 3 heterocycles. The fourth-order valence-electron chi connectivity index (χ4n) is 3.92. The number of pyridine rings is 1. The summed E-state index contributed by atoms with van der Waals surface area (Å²) in [5.74, 6) is 0. The number of rotatable bonds is 2. The van der Waals surface area contributed by atoms with Crippen molar-refractivity contribution in [2.24, 2.45) is 0 Å². The summed E-state index contributed by atoms with van der Waals surface area (Å²) >= 11 is 0. The second-order valence-electron chi connectivity index (χ2n) is 6.78. The van der Waals surface area contributed by atoms with E-state index in [1.165, 1.54) is 24.9 Å². The number of aromatic amines is 1. The van der Waals surface area contributed by atoms with E-state index in [4.69, 9.17) is 0 Å². The van der Waals surface area contributed by atoms with Crippen molar-refractivity contribution >= 4 is 10.9 Å². The van der Waals surface area contributed by atoms with Crippen molar-refractivity contribution in [2.45, 2.75) is 32.4 Å². The Bertz CT molecular complexity index is 752. The SMILES string of the molecule is Cc1ccc2cc(CN3CCN4CCC[C@@H]4C3)c(=O)[nH]c2c1. The molecule has 4 rings (SSSR count). The molecule has 4 heteroatoms. The summed E-state index contributed by atoms with van der Waals surface area (Å²) in [5, 5.41) is 1.12. The maximum Gasteiger partial charge on any atom is 0.252 e. The van der Waals surface area contributed by atoms with Crippen LogP contribution in [0.2, 0.25) is 0 Å². The molecule has 116 valence electrons. The number of hydrogen-bond donors (Lipinski definition) is 1. The van der Waals surface area contributed by atoms with Gasteiger partial charge in [-0.3, -0.25) is 14.6 Å². The lowest BCUT2D eigenvalue weighted by molar-refractivity contribution is 0.0991. The molecule has 0 spiro atoms. The van der Waals surface area contributed by atoms with Crippen LogP contribution in [-0.4, -0.2) is 47.0 Å². The average molecular weight is 297 g/mol. The largest absolute Gasteiger partial charge is 0.322 e. The summed E-state index contributed by atoms with van der Waals surface area (Å²) in [6, 6.07) is 9.00. The highest BCUT2D eigenvalue weighted by atomic mass is 16.1. The number of H-pyrrole nitrogens is 1. The van der Waals surface area contributed by atoms with Gasteiger partial charge in [-0.05, 0) is 49.4 Å². The molecule has 1 N–H and O–H groups in total. The minimum atomic E-state index is 0.0620. The molecular formula is C18H23N3O. The first kappa shape index (κ1) is 14.0. The maximum atomic E-state index is 12.4. The van der Waals surface area contributed by atoms with Crippen molar-refractivity contribution in [1.29, 1.82) is 0 Å². The molecule has 2 aliphatic rings.